The number of hydrogen-bond donors (Lipinski definition) is 1. The topological polar surface area (TPSA) is 15.3 Å². The molecule has 0 aromatic heterocycles. The van der Waals surface area contributed by atoms with Crippen LogP contribution in [-0.2, 0) is 0 Å². The van der Waals surface area contributed by atoms with Crippen LogP contribution in [0, 0.1) is 0 Å². The van der Waals surface area contributed by atoms with E-state index in [0.29, 0.717) is 0 Å². The Bertz CT molecular complexity index is 228. The summed E-state index contributed by atoms with van der Waals surface area (Å²) < 4.78 is 0. The Morgan fingerprint density at radius 3 is 2.93 bits per heavy atom. The van der Waals surface area contributed by atoms with Crippen molar-refractivity contribution < 1.29 is 0 Å². The first kappa shape index (κ1) is 11.3. The van der Waals surface area contributed by atoms with E-state index in [-0.39, 0.29) is 0 Å². The molecule has 2 nitrogen and oxygen atoms in total. The molecule has 0 bridgehead atoms. The quantitative estimate of drug-likeness (QED) is 0.724. The van der Waals surface area contributed by atoms with Gasteiger partial charge in [-0.3, -0.25) is 0 Å². The van der Waals surface area contributed by atoms with Gasteiger partial charge in [0.15, 0.2) is 0 Å². The van der Waals surface area contributed by atoms with E-state index in [0.717, 1.165) is 6.54 Å². The highest BCUT2D eigenvalue weighted by molar-refractivity contribution is 5.17. The van der Waals surface area contributed by atoms with Gasteiger partial charge in [-0.15, -0.1) is 0 Å². The fraction of sp³-hybridized carbons (Fsp3) is 0.667. The smallest absolute Gasteiger partial charge is 0.0192 e. The number of hydrogen-bond acceptors (Lipinski definition) is 2. The standard InChI is InChI=1S/C12H22N2/c1-11(13-2)7-8-12-6-4-5-9-14(3)10-12/h7-8,13H,4-6,9-10H2,1-3H3/b11-7-,12-8+. The Hall–Kier alpha value is -0.760. The van der Waals surface area contributed by atoms with Crippen molar-refractivity contribution in [3.8, 4) is 0 Å². The first-order chi connectivity index (χ1) is 6.72. The molecule has 0 atom stereocenters. The lowest BCUT2D eigenvalue weighted by molar-refractivity contribution is 0.371. The van der Waals surface area contributed by atoms with Gasteiger partial charge in [-0.2, -0.15) is 0 Å². The van der Waals surface area contributed by atoms with Gasteiger partial charge in [0.2, 0.25) is 0 Å². The number of nitrogens with one attached hydrogen (secondary N) is 1. The average Bonchev–Trinajstić information content (AvgIpc) is 2.39. The van der Waals surface area contributed by atoms with Crippen molar-refractivity contribution in [1.29, 1.82) is 0 Å². The van der Waals surface area contributed by atoms with E-state index in [1.54, 1.807) is 5.57 Å². The van der Waals surface area contributed by atoms with Gasteiger partial charge in [-0.1, -0.05) is 11.6 Å². The molecule has 14 heavy (non-hydrogen) atoms. The first-order valence-electron chi connectivity index (χ1n) is 5.45. The van der Waals surface area contributed by atoms with Gasteiger partial charge >= 0.3 is 0 Å². The lowest BCUT2D eigenvalue weighted by Gasteiger charge is -2.13. The van der Waals surface area contributed by atoms with Crippen LogP contribution in [-0.4, -0.2) is 32.1 Å². The van der Waals surface area contributed by atoms with Crippen LogP contribution >= 0.6 is 0 Å². The van der Waals surface area contributed by atoms with Crippen LogP contribution in [0.2, 0.25) is 0 Å². The zero-order valence-corrected chi connectivity index (χ0v) is 9.64. The van der Waals surface area contributed by atoms with Gasteiger partial charge in [0, 0.05) is 19.3 Å². The van der Waals surface area contributed by atoms with Gasteiger partial charge in [-0.25, -0.2) is 0 Å². The molecular weight excluding hydrogens is 172 g/mol. The molecule has 1 aliphatic rings. The van der Waals surface area contributed by atoms with Crippen LogP contribution in [0.25, 0.3) is 0 Å². The lowest BCUT2D eigenvalue weighted by atomic mass is 10.1. The van der Waals surface area contributed by atoms with Crippen LogP contribution in [0.4, 0.5) is 0 Å². The summed E-state index contributed by atoms with van der Waals surface area (Å²) in [7, 11) is 4.16. The molecule has 0 spiro atoms. The third kappa shape index (κ3) is 3.97. The van der Waals surface area contributed by atoms with Crippen LogP contribution in [0.5, 0.6) is 0 Å². The maximum absolute atomic E-state index is 3.13. The van der Waals surface area contributed by atoms with Gasteiger partial charge in [0.1, 0.15) is 0 Å². The average molecular weight is 194 g/mol. The second kappa shape index (κ2) is 5.86. The molecule has 0 aromatic rings. The first-order valence-corrected chi connectivity index (χ1v) is 5.45. The van der Waals surface area contributed by atoms with E-state index >= 15 is 0 Å². The molecule has 0 amide bonds. The molecular formula is C12H22N2. The minimum atomic E-state index is 1.13. The zero-order valence-electron chi connectivity index (χ0n) is 9.64. The summed E-state index contributed by atoms with van der Waals surface area (Å²) in [5, 5.41) is 3.13. The van der Waals surface area contributed by atoms with E-state index in [1.165, 1.54) is 31.5 Å². The van der Waals surface area contributed by atoms with Crippen molar-refractivity contribution >= 4 is 0 Å². The fourth-order valence-corrected chi connectivity index (χ4v) is 1.70. The summed E-state index contributed by atoms with van der Waals surface area (Å²) in [6.07, 6.45) is 8.38. The molecule has 2 heteroatoms. The summed E-state index contributed by atoms with van der Waals surface area (Å²) in [5.41, 5.74) is 2.78. The molecule has 0 unspecified atom stereocenters. The molecule has 1 aliphatic heterocycles. The predicted octanol–water partition coefficient (Wildman–Crippen LogP) is 2.15. The summed E-state index contributed by atoms with van der Waals surface area (Å²) in [6.45, 7) is 4.47. The van der Waals surface area contributed by atoms with Gasteiger partial charge < -0.3 is 10.2 Å². The van der Waals surface area contributed by atoms with Gasteiger partial charge in [-0.05, 0) is 45.9 Å². The highest BCUT2D eigenvalue weighted by atomic mass is 15.1. The third-order valence-corrected chi connectivity index (χ3v) is 2.72. The van der Waals surface area contributed by atoms with E-state index < -0.39 is 0 Å². The van der Waals surface area contributed by atoms with Crippen molar-refractivity contribution in [1.82, 2.24) is 10.2 Å². The second-order valence-electron chi connectivity index (χ2n) is 4.12. The predicted molar refractivity (Wildman–Crippen MR) is 62.2 cm³/mol. The van der Waals surface area contributed by atoms with Crippen molar-refractivity contribution in [2.45, 2.75) is 26.2 Å². The summed E-state index contributed by atoms with van der Waals surface area (Å²) in [5.74, 6) is 0. The number of likely N-dealkylation sites (N-methyl/N-ethyl adjacent to an activating group) is 1. The molecule has 1 rings (SSSR count). The summed E-state index contributed by atoms with van der Waals surface area (Å²) in [6, 6.07) is 0. The SMILES string of the molecule is CN/C(C)=C\C=C1/CCCCN(C)C1. The molecule has 1 N–H and O–H groups in total. The molecule has 0 aromatic carbocycles. The Balaban J connectivity index is 2.56. The monoisotopic (exact) mass is 194 g/mol. The van der Waals surface area contributed by atoms with Crippen molar-refractivity contribution in [2.24, 2.45) is 0 Å². The van der Waals surface area contributed by atoms with E-state index in [9.17, 15) is 0 Å². The Labute approximate surface area is 87.7 Å². The van der Waals surface area contributed by atoms with E-state index in [4.69, 9.17) is 0 Å². The minimum Gasteiger partial charge on any atom is -0.392 e. The molecule has 1 heterocycles. The van der Waals surface area contributed by atoms with Crippen molar-refractivity contribution in [3.63, 3.8) is 0 Å². The Morgan fingerprint density at radius 1 is 1.43 bits per heavy atom. The van der Waals surface area contributed by atoms with Crippen LogP contribution < -0.4 is 5.32 Å². The van der Waals surface area contributed by atoms with Gasteiger partial charge in [0.25, 0.3) is 0 Å². The zero-order chi connectivity index (χ0) is 10.4. The minimum absolute atomic E-state index is 1.13. The number of allylic oxidation sites excluding steroid dienone is 3. The lowest BCUT2D eigenvalue weighted by Crippen LogP contribution is -2.19. The molecule has 80 valence electrons. The van der Waals surface area contributed by atoms with E-state index in [2.05, 4.69) is 36.3 Å². The molecule has 0 radical (unpaired) electrons. The largest absolute Gasteiger partial charge is 0.392 e. The van der Waals surface area contributed by atoms with Crippen LogP contribution in [0.3, 0.4) is 0 Å². The van der Waals surface area contributed by atoms with Crippen molar-refractivity contribution in [3.05, 3.63) is 23.4 Å². The second-order valence-corrected chi connectivity index (χ2v) is 4.12. The number of likely N-dealkylation sites (tertiary alicyclic amines) is 1. The molecule has 1 fully saturated rings. The molecule has 1 saturated heterocycles. The number of nitrogens with zero attached hydrogens (tertiary/aromatic N) is 1. The Kier molecular flexibility index (Phi) is 4.74. The summed E-state index contributed by atoms with van der Waals surface area (Å²) >= 11 is 0. The van der Waals surface area contributed by atoms with E-state index in [1.807, 2.05) is 7.05 Å². The summed E-state index contributed by atoms with van der Waals surface area (Å²) in [4.78, 5) is 2.40. The highest BCUT2D eigenvalue weighted by Gasteiger charge is 2.07. The van der Waals surface area contributed by atoms with Gasteiger partial charge in [0.05, 0.1) is 0 Å². The normalized spacial score (nSPS) is 23.6. The molecule has 0 aliphatic carbocycles. The number of rotatable bonds is 2. The third-order valence-electron chi connectivity index (χ3n) is 2.72. The maximum Gasteiger partial charge on any atom is 0.0192 e. The Morgan fingerprint density at radius 2 is 2.21 bits per heavy atom. The van der Waals surface area contributed by atoms with Crippen LogP contribution in [0.1, 0.15) is 26.2 Å². The maximum atomic E-state index is 3.13. The highest BCUT2D eigenvalue weighted by Crippen LogP contribution is 2.14. The van der Waals surface area contributed by atoms with Crippen molar-refractivity contribution in [2.75, 3.05) is 27.2 Å². The molecule has 0 saturated carbocycles. The fourth-order valence-electron chi connectivity index (χ4n) is 1.70. The van der Waals surface area contributed by atoms with Crippen LogP contribution in [0.15, 0.2) is 23.4 Å².